The number of nitrogens with zero attached hydrogens (tertiary/aromatic N) is 1. The molecule has 2 rings (SSSR count). The van der Waals surface area contributed by atoms with E-state index in [0.29, 0.717) is 0 Å². The number of carbonyl (C=O) groups is 1. The molecule has 1 aliphatic rings. The highest BCUT2D eigenvalue weighted by Gasteiger charge is 2.34. The molecule has 0 amide bonds. The van der Waals surface area contributed by atoms with Crippen LogP contribution >= 0.6 is 0 Å². The largest absolute Gasteiger partial charge is 0.292 e. The van der Waals surface area contributed by atoms with Crippen molar-refractivity contribution in [2.45, 2.75) is 25.9 Å². The first-order valence-corrected chi connectivity index (χ1v) is 8.49. The molecule has 0 spiro atoms. The highest BCUT2D eigenvalue weighted by atomic mass is 32.2. The Hall–Kier alpha value is -1.34. The number of Topliss-reactive ketones (excluding diaryl/α,β-unsaturated/α-hetero) is 1. The Balaban J connectivity index is 2.17. The Bertz CT molecular complexity index is 660. The van der Waals surface area contributed by atoms with Crippen LogP contribution in [0.1, 0.15) is 24.2 Å². The topological polar surface area (TPSA) is 54.5 Å². The lowest BCUT2D eigenvalue weighted by atomic mass is 10.0. The summed E-state index contributed by atoms with van der Waals surface area (Å²) in [6.45, 7) is 3.66. The molecule has 0 aliphatic carbocycles. The lowest BCUT2D eigenvalue weighted by molar-refractivity contribution is 0.0794. The van der Waals surface area contributed by atoms with Crippen LogP contribution in [0.15, 0.2) is 18.2 Å². The van der Waals surface area contributed by atoms with Crippen LogP contribution in [0.5, 0.6) is 0 Å². The van der Waals surface area contributed by atoms with Crippen molar-refractivity contribution in [2.24, 2.45) is 0 Å². The molecular formula is C14H17F2NO3S. The molecule has 7 heteroatoms. The van der Waals surface area contributed by atoms with E-state index in [0.717, 1.165) is 12.1 Å². The summed E-state index contributed by atoms with van der Waals surface area (Å²) >= 11 is 0. The van der Waals surface area contributed by atoms with Gasteiger partial charge in [-0.05, 0) is 32.0 Å². The second kappa shape index (κ2) is 5.81. The normalized spacial score (nSPS) is 23.7. The molecule has 1 fully saturated rings. The maximum atomic E-state index is 13.2. The van der Waals surface area contributed by atoms with Gasteiger partial charge in [0.15, 0.2) is 27.3 Å². The third-order valence-corrected chi connectivity index (χ3v) is 5.60. The molecule has 0 saturated carbocycles. The maximum absolute atomic E-state index is 13.2. The molecule has 1 heterocycles. The van der Waals surface area contributed by atoms with Crippen molar-refractivity contribution >= 4 is 15.6 Å². The SMILES string of the molecule is CC1CS(=O)(=O)CCN1C(C)C(=O)c1ccc(F)c(F)c1. The highest BCUT2D eigenvalue weighted by Crippen LogP contribution is 2.19. The molecule has 0 N–H and O–H groups in total. The number of halogens is 2. The zero-order chi connectivity index (χ0) is 15.8. The molecule has 1 aromatic rings. The minimum Gasteiger partial charge on any atom is -0.292 e. The smallest absolute Gasteiger partial charge is 0.179 e. The van der Waals surface area contributed by atoms with E-state index in [-0.39, 0.29) is 35.4 Å². The number of hydrogen-bond donors (Lipinski definition) is 0. The van der Waals surface area contributed by atoms with Crippen molar-refractivity contribution < 1.29 is 22.0 Å². The molecule has 0 aromatic heterocycles. The number of sulfone groups is 1. The van der Waals surface area contributed by atoms with Crippen LogP contribution in [0, 0.1) is 11.6 Å². The summed E-state index contributed by atoms with van der Waals surface area (Å²) in [6.07, 6.45) is 0. The fourth-order valence-electron chi connectivity index (χ4n) is 2.63. The molecule has 116 valence electrons. The second-order valence-electron chi connectivity index (χ2n) is 5.37. The van der Waals surface area contributed by atoms with Gasteiger partial charge >= 0.3 is 0 Å². The van der Waals surface area contributed by atoms with Crippen LogP contribution in [-0.4, -0.2) is 49.2 Å². The lowest BCUT2D eigenvalue weighted by Crippen LogP contribution is -2.53. The first kappa shape index (κ1) is 16.0. The zero-order valence-electron chi connectivity index (χ0n) is 11.8. The van der Waals surface area contributed by atoms with E-state index in [9.17, 15) is 22.0 Å². The predicted molar refractivity (Wildman–Crippen MR) is 75.0 cm³/mol. The summed E-state index contributed by atoms with van der Waals surface area (Å²) < 4.78 is 49.2. The fraction of sp³-hybridized carbons (Fsp3) is 0.500. The molecule has 2 unspecified atom stereocenters. The van der Waals surface area contributed by atoms with Gasteiger partial charge in [0.1, 0.15) is 0 Å². The minimum atomic E-state index is -3.06. The Morgan fingerprint density at radius 1 is 1.33 bits per heavy atom. The van der Waals surface area contributed by atoms with Crippen molar-refractivity contribution in [3.8, 4) is 0 Å². The molecule has 0 radical (unpaired) electrons. The van der Waals surface area contributed by atoms with Gasteiger partial charge in [0.25, 0.3) is 0 Å². The summed E-state index contributed by atoms with van der Waals surface area (Å²) in [4.78, 5) is 14.1. The van der Waals surface area contributed by atoms with Crippen LogP contribution in [0.2, 0.25) is 0 Å². The summed E-state index contributed by atoms with van der Waals surface area (Å²) in [5.74, 6) is -2.41. The van der Waals surface area contributed by atoms with E-state index in [2.05, 4.69) is 0 Å². The molecule has 4 nitrogen and oxygen atoms in total. The van der Waals surface area contributed by atoms with Crippen molar-refractivity contribution in [1.29, 1.82) is 0 Å². The van der Waals surface area contributed by atoms with Crippen LogP contribution < -0.4 is 0 Å². The average Bonchev–Trinajstić information content (AvgIpc) is 2.39. The van der Waals surface area contributed by atoms with Gasteiger partial charge in [-0.2, -0.15) is 0 Å². The summed E-state index contributed by atoms with van der Waals surface area (Å²) in [7, 11) is -3.06. The molecule has 1 saturated heterocycles. The van der Waals surface area contributed by atoms with Crippen molar-refractivity contribution in [2.75, 3.05) is 18.1 Å². The first-order chi connectivity index (χ1) is 9.71. The van der Waals surface area contributed by atoms with Gasteiger partial charge in [-0.25, -0.2) is 17.2 Å². The minimum absolute atomic E-state index is 0.00238. The molecule has 2 atom stereocenters. The zero-order valence-corrected chi connectivity index (χ0v) is 12.7. The monoisotopic (exact) mass is 317 g/mol. The number of carbonyl (C=O) groups excluding carboxylic acids is 1. The standard InChI is InChI=1S/C14H17F2NO3S/c1-9-8-21(19,20)6-5-17(9)10(2)14(18)11-3-4-12(15)13(16)7-11/h3-4,7,9-10H,5-6,8H2,1-2H3. The van der Waals surface area contributed by atoms with Gasteiger partial charge in [0, 0.05) is 18.2 Å². The maximum Gasteiger partial charge on any atom is 0.179 e. The van der Waals surface area contributed by atoms with Crippen molar-refractivity contribution in [1.82, 2.24) is 4.90 Å². The van der Waals surface area contributed by atoms with Gasteiger partial charge in [0.05, 0.1) is 17.5 Å². The van der Waals surface area contributed by atoms with Crippen molar-refractivity contribution in [3.63, 3.8) is 0 Å². The van der Waals surface area contributed by atoms with E-state index in [4.69, 9.17) is 0 Å². The number of benzene rings is 1. The predicted octanol–water partition coefficient (Wildman–Crippen LogP) is 1.65. The van der Waals surface area contributed by atoms with E-state index in [1.807, 2.05) is 0 Å². The number of rotatable bonds is 3. The van der Waals surface area contributed by atoms with E-state index < -0.39 is 27.5 Å². The number of hydrogen-bond acceptors (Lipinski definition) is 4. The van der Waals surface area contributed by atoms with Crippen LogP contribution in [-0.2, 0) is 9.84 Å². The van der Waals surface area contributed by atoms with Gasteiger partial charge in [-0.1, -0.05) is 0 Å². The highest BCUT2D eigenvalue weighted by molar-refractivity contribution is 7.91. The first-order valence-electron chi connectivity index (χ1n) is 6.67. The Morgan fingerprint density at radius 3 is 2.57 bits per heavy atom. The Labute approximate surface area is 122 Å². The van der Waals surface area contributed by atoms with E-state index >= 15 is 0 Å². The Morgan fingerprint density at radius 2 is 2.00 bits per heavy atom. The van der Waals surface area contributed by atoms with Crippen LogP contribution in [0.3, 0.4) is 0 Å². The summed E-state index contributed by atoms with van der Waals surface area (Å²) in [6, 6.07) is 2.16. The molecule has 1 aromatic carbocycles. The van der Waals surface area contributed by atoms with Gasteiger partial charge < -0.3 is 0 Å². The fourth-order valence-corrected chi connectivity index (χ4v) is 4.21. The number of ketones is 1. The molecule has 1 aliphatic heterocycles. The van der Waals surface area contributed by atoms with Gasteiger partial charge in [0.2, 0.25) is 0 Å². The lowest BCUT2D eigenvalue weighted by Gasteiger charge is -2.36. The van der Waals surface area contributed by atoms with Gasteiger partial charge in [-0.3, -0.25) is 9.69 Å². The Kier molecular flexibility index (Phi) is 4.43. The third-order valence-electron chi connectivity index (χ3n) is 3.80. The van der Waals surface area contributed by atoms with E-state index in [1.54, 1.807) is 18.7 Å². The third kappa shape index (κ3) is 3.47. The molecule has 0 bridgehead atoms. The molecular weight excluding hydrogens is 300 g/mol. The molecule has 21 heavy (non-hydrogen) atoms. The quantitative estimate of drug-likeness (QED) is 0.796. The average molecular weight is 317 g/mol. The van der Waals surface area contributed by atoms with Crippen LogP contribution in [0.25, 0.3) is 0 Å². The summed E-state index contributed by atoms with van der Waals surface area (Å²) in [5, 5.41) is 0. The van der Waals surface area contributed by atoms with Crippen molar-refractivity contribution in [3.05, 3.63) is 35.4 Å². The van der Waals surface area contributed by atoms with E-state index in [1.165, 1.54) is 6.07 Å². The summed E-state index contributed by atoms with van der Waals surface area (Å²) in [5.41, 5.74) is 0.0852. The van der Waals surface area contributed by atoms with Gasteiger partial charge in [-0.15, -0.1) is 0 Å². The van der Waals surface area contributed by atoms with Crippen LogP contribution in [0.4, 0.5) is 8.78 Å². The second-order valence-corrected chi connectivity index (χ2v) is 7.60.